The van der Waals surface area contributed by atoms with Gasteiger partial charge in [0.15, 0.2) is 0 Å². The average Bonchev–Trinajstić information content (AvgIpc) is 2.49. The maximum atomic E-state index is 12.1. The number of carbonyl (C=O) groups is 2. The maximum Gasteiger partial charge on any atom is 0.254 e. The molecule has 2 N–H and O–H groups in total. The maximum absolute atomic E-state index is 12.1. The predicted molar refractivity (Wildman–Crippen MR) is 80.7 cm³/mol. The van der Waals surface area contributed by atoms with Crippen LogP contribution in [0.25, 0.3) is 0 Å². The van der Waals surface area contributed by atoms with Gasteiger partial charge in [-0.15, -0.1) is 0 Å². The van der Waals surface area contributed by atoms with Crippen molar-refractivity contribution in [3.63, 3.8) is 0 Å². The highest BCUT2D eigenvalue weighted by Crippen LogP contribution is 2.22. The Balaban J connectivity index is 2.11. The van der Waals surface area contributed by atoms with Crippen molar-refractivity contribution in [2.45, 2.75) is 6.10 Å². The number of morpholine rings is 1. The minimum absolute atomic E-state index is 0.216. The van der Waals surface area contributed by atoms with E-state index in [9.17, 15) is 9.59 Å². The van der Waals surface area contributed by atoms with Crippen molar-refractivity contribution in [2.75, 3.05) is 39.1 Å². The van der Waals surface area contributed by atoms with E-state index in [1.165, 1.54) is 4.90 Å². The minimum atomic E-state index is -0.526. The molecule has 1 saturated heterocycles. The van der Waals surface area contributed by atoms with E-state index in [0.29, 0.717) is 29.4 Å². The molecule has 1 unspecified atom stereocenters. The number of hydrogen-bond acceptors (Lipinski definition) is 4. The van der Waals surface area contributed by atoms with Crippen LogP contribution in [0.2, 0.25) is 5.02 Å². The summed E-state index contributed by atoms with van der Waals surface area (Å²) in [5.74, 6) is -0.459. The summed E-state index contributed by atoms with van der Waals surface area (Å²) < 4.78 is 5.38. The molecule has 2 rings (SSSR count). The van der Waals surface area contributed by atoms with Crippen molar-refractivity contribution in [3.05, 3.63) is 28.8 Å². The Morgan fingerprint density at radius 3 is 2.81 bits per heavy atom. The fourth-order valence-electron chi connectivity index (χ4n) is 1.96. The summed E-state index contributed by atoms with van der Waals surface area (Å²) >= 11 is 6.03. The highest BCUT2D eigenvalue weighted by Gasteiger charge is 2.22. The number of nitrogens with one attached hydrogen (secondary N) is 2. The van der Waals surface area contributed by atoms with Gasteiger partial charge in [-0.1, -0.05) is 11.6 Å². The molecule has 0 radical (unpaired) electrons. The Morgan fingerprint density at radius 1 is 1.43 bits per heavy atom. The smallest absolute Gasteiger partial charge is 0.254 e. The second-order valence-electron chi connectivity index (χ2n) is 4.95. The fraction of sp³-hybridized carbons (Fsp3) is 0.429. The largest absolute Gasteiger partial charge is 0.366 e. The number of nitrogens with zero attached hydrogens (tertiary/aromatic N) is 1. The lowest BCUT2D eigenvalue weighted by Gasteiger charge is -2.23. The van der Waals surface area contributed by atoms with E-state index in [4.69, 9.17) is 16.3 Å². The van der Waals surface area contributed by atoms with Crippen LogP contribution in [0.5, 0.6) is 0 Å². The molecule has 0 saturated carbocycles. The van der Waals surface area contributed by atoms with Gasteiger partial charge in [0, 0.05) is 32.9 Å². The fourth-order valence-corrected chi connectivity index (χ4v) is 2.16. The van der Waals surface area contributed by atoms with Crippen LogP contribution in [-0.2, 0) is 9.53 Å². The molecule has 1 aliphatic rings. The Bertz CT molecular complexity index is 542. The first-order chi connectivity index (χ1) is 9.99. The first-order valence-corrected chi connectivity index (χ1v) is 7.01. The third-order valence-electron chi connectivity index (χ3n) is 3.09. The minimum Gasteiger partial charge on any atom is -0.366 e. The quantitative estimate of drug-likeness (QED) is 0.872. The summed E-state index contributed by atoms with van der Waals surface area (Å²) in [6, 6.07) is 4.82. The lowest BCUT2D eigenvalue weighted by Crippen LogP contribution is -2.45. The summed E-state index contributed by atoms with van der Waals surface area (Å²) in [4.78, 5) is 25.5. The molecule has 6 nitrogen and oxygen atoms in total. The van der Waals surface area contributed by atoms with Crippen LogP contribution in [-0.4, -0.2) is 56.6 Å². The number of ether oxygens (including phenoxy) is 1. The van der Waals surface area contributed by atoms with Crippen LogP contribution in [0.3, 0.4) is 0 Å². The number of rotatable bonds is 3. The number of benzene rings is 1. The highest BCUT2D eigenvalue weighted by atomic mass is 35.5. The molecule has 1 fully saturated rings. The summed E-state index contributed by atoms with van der Waals surface area (Å²) in [6.45, 7) is 1.72. The zero-order valence-corrected chi connectivity index (χ0v) is 12.7. The van der Waals surface area contributed by atoms with Gasteiger partial charge in [-0.25, -0.2) is 0 Å². The molecule has 0 aliphatic carbocycles. The van der Waals surface area contributed by atoms with Gasteiger partial charge in [0.1, 0.15) is 6.10 Å². The van der Waals surface area contributed by atoms with Crippen LogP contribution in [0.15, 0.2) is 18.2 Å². The molecule has 21 heavy (non-hydrogen) atoms. The van der Waals surface area contributed by atoms with Crippen LogP contribution >= 0.6 is 11.6 Å². The Labute approximate surface area is 128 Å². The first-order valence-electron chi connectivity index (χ1n) is 6.63. The molecule has 114 valence electrons. The second-order valence-corrected chi connectivity index (χ2v) is 5.35. The Hall–Kier alpha value is -1.63. The van der Waals surface area contributed by atoms with Crippen LogP contribution in [0, 0.1) is 0 Å². The van der Waals surface area contributed by atoms with E-state index in [2.05, 4.69) is 10.6 Å². The standard InChI is InChI=1S/C14H18ClN3O3/c1-18(2)14(20)10-7-9(3-4-11(10)15)17-13(19)12-8-16-5-6-21-12/h3-4,7,12,16H,5-6,8H2,1-2H3,(H,17,19). The van der Waals surface area contributed by atoms with E-state index in [1.54, 1.807) is 32.3 Å². The molecular formula is C14H18ClN3O3. The van der Waals surface area contributed by atoms with Crippen molar-refractivity contribution in [1.29, 1.82) is 0 Å². The molecule has 0 aromatic heterocycles. The van der Waals surface area contributed by atoms with E-state index < -0.39 is 6.10 Å². The van der Waals surface area contributed by atoms with Crippen molar-refractivity contribution in [3.8, 4) is 0 Å². The number of halogens is 1. The molecule has 1 atom stereocenters. The normalized spacial score (nSPS) is 18.1. The van der Waals surface area contributed by atoms with E-state index >= 15 is 0 Å². The lowest BCUT2D eigenvalue weighted by atomic mass is 10.1. The summed E-state index contributed by atoms with van der Waals surface area (Å²) in [5, 5.41) is 6.18. The van der Waals surface area contributed by atoms with Gasteiger partial charge in [-0.05, 0) is 18.2 Å². The van der Waals surface area contributed by atoms with Crippen LogP contribution < -0.4 is 10.6 Å². The van der Waals surface area contributed by atoms with Crippen molar-refractivity contribution < 1.29 is 14.3 Å². The molecule has 1 aromatic carbocycles. The van der Waals surface area contributed by atoms with E-state index in [1.807, 2.05) is 0 Å². The van der Waals surface area contributed by atoms with Gasteiger partial charge in [-0.2, -0.15) is 0 Å². The van der Waals surface area contributed by atoms with E-state index in [-0.39, 0.29) is 11.8 Å². The molecule has 1 heterocycles. The first kappa shape index (κ1) is 15.8. The number of carbonyl (C=O) groups excluding carboxylic acids is 2. The highest BCUT2D eigenvalue weighted by molar-refractivity contribution is 6.34. The molecular weight excluding hydrogens is 294 g/mol. The topological polar surface area (TPSA) is 70.7 Å². The SMILES string of the molecule is CN(C)C(=O)c1cc(NC(=O)C2CNCCO2)ccc1Cl. The molecule has 2 amide bonds. The summed E-state index contributed by atoms with van der Waals surface area (Å²) in [5.41, 5.74) is 0.867. The zero-order valence-electron chi connectivity index (χ0n) is 12.0. The Morgan fingerprint density at radius 2 is 2.19 bits per heavy atom. The second kappa shape index (κ2) is 6.89. The van der Waals surface area contributed by atoms with Crippen molar-refractivity contribution in [2.24, 2.45) is 0 Å². The van der Waals surface area contributed by atoms with Crippen molar-refractivity contribution in [1.82, 2.24) is 10.2 Å². The van der Waals surface area contributed by atoms with E-state index in [0.717, 1.165) is 6.54 Å². The van der Waals surface area contributed by atoms with Gasteiger partial charge in [0.05, 0.1) is 17.2 Å². The number of amides is 2. The lowest BCUT2D eigenvalue weighted by molar-refractivity contribution is -0.128. The average molecular weight is 312 g/mol. The van der Waals surface area contributed by atoms with Crippen molar-refractivity contribution >= 4 is 29.1 Å². The van der Waals surface area contributed by atoms with Gasteiger partial charge in [0.2, 0.25) is 0 Å². The third-order valence-corrected chi connectivity index (χ3v) is 3.42. The van der Waals surface area contributed by atoms with Gasteiger partial charge >= 0.3 is 0 Å². The zero-order chi connectivity index (χ0) is 15.4. The Kier molecular flexibility index (Phi) is 5.17. The molecule has 1 aromatic rings. The van der Waals surface area contributed by atoms with Crippen LogP contribution in [0.4, 0.5) is 5.69 Å². The molecule has 0 bridgehead atoms. The summed E-state index contributed by atoms with van der Waals surface area (Å²) in [6.07, 6.45) is -0.526. The monoisotopic (exact) mass is 311 g/mol. The number of anilines is 1. The van der Waals surface area contributed by atoms with Gasteiger partial charge in [0.25, 0.3) is 11.8 Å². The summed E-state index contributed by atoms with van der Waals surface area (Å²) in [7, 11) is 3.29. The molecule has 0 spiro atoms. The number of hydrogen-bond donors (Lipinski definition) is 2. The molecule has 1 aliphatic heterocycles. The predicted octanol–water partition coefficient (Wildman–Crippen LogP) is 0.969. The van der Waals surface area contributed by atoms with Crippen LogP contribution in [0.1, 0.15) is 10.4 Å². The third kappa shape index (κ3) is 3.93. The van der Waals surface area contributed by atoms with Gasteiger partial charge < -0.3 is 20.3 Å². The molecule has 7 heteroatoms. The van der Waals surface area contributed by atoms with Gasteiger partial charge in [-0.3, -0.25) is 9.59 Å².